The molecular weight excluding hydrogens is 420 g/mol. The molecule has 8 nitrogen and oxygen atoms in total. The second-order valence-corrected chi connectivity index (χ2v) is 7.51. The molecule has 9 heteroatoms. The number of nitrogens with zero attached hydrogens (tertiary/aromatic N) is 2. The second-order valence-electron chi connectivity index (χ2n) is 7.08. The van der Waals surface area contributed by atoms with Crippen LogP contribution in [0.5, 0.6) is 5.75 Å². The van der Waals surface area contributed by atoms with Gasteiger partial charge < -0.3 is 20.3 Å². The monoisotopic (exact) mass is 440 g/mol. The summed E-state index contributed by atoms with van der Waals surface area (Å²) in [5.74, 6) is -1.04. The van der Waals surface area contributed by atoms with Crippen molar-refractivity contribution in [1.29, 1.82) is 5.26 Å². The summed E-state index contributed by atoms with van der Waals surface area (Å²) in [6.45, 7) is 1.33. The summed E-state index contributed by atoms with van der Waals surface area (Å²) in [6.07, 6.45) is 0.958. The molecule has 3 amide bonds. The van der Waals surface area contributed by atoms with E-state index < -0.39 is 17.9 Å². The minimum atomic E-state index is -0.873. The average Bonchev–Trinajstić information content (AvgIpc) is 2.78. The van der Waals surface area contributed by atoms with Gasteiger partial charge in [-0.15, -0.1) is 0 Å². The molecule has 0 saturated carbocycles. The van der Waals surface area contributed by atoms with E-state index in [2.05, 4.69) is 10.6 Å². The van der Waals surface area contributed by atoms with Crippen molar-refractivity contribution in [3.63, 3.8) is 0 Å². The van der Waals surface area contributed by atoms with Crippen LogP contribution in [0.15, 0.2) is 48.5 Å². The lowest BCUT2D eigenvalue weighted by Crippen LogP contribution is -2.44. The fraction of sp³-hybridized carbons (Fsp3) is 0.273. The maximum atomic E-state index is 12.2. The Morgan fingerprint density at radius 1 is 1.10 bits per heavy atom. The van der Waals surface area contributed by atoms with Gasteiger partial charge in [-0.1, -0.05) is 29.8 Å². The van der Waals surface area contributed by atoms with Crippen LogP contribution in [0.3, 0.4) is 0 Å². The summed E-state index contributed by atoms with van der Waals surface area (Å²) in [5, 5.41) is 14.5. The normalized spacial score (nSPS) is 13.7. The third-order valence-electron chi connectivity index (χ3n) is 4.93. The van der Waals surface area contributed by atoms with Crippen molar-refractivity contribution in [3.05, 3.63) is 59.1 Å². The number of hydrogen-bond donors (Lipinski definition) is 2. The number of piperidine rings is 1. The number of anilines is 1. The maximum Gasteiger partial charge on any atom is 0.415 e. The number of hydrogen-bond acceptors (Lipinski definition) is 5. The van der Waals surface area contributed by atoms with Crippen LogP contribution < -0.4 is 15.4 Å². The third kappa shape index (κ3) is 6.20. The maximum absolute atomic E-state index is 12.2. The number of para-hydroxylation sites is 1. The van der Waals surface area contributed by atoms with Gasteiger partial charge in [0.15, 0.2) is 0 Å². The van der Waals surface area contributed by atoms with Crippen LogP contribution in [0.25, 0.3) is 0 Å². The van der Waals surface area contributed by atoms with E-state index in [0.29, 0.717) is 43.2 Å². The first-order valence-corrected chi connectivity index (χ1v) is 10.1. The smallest absolute Gasteiger partial charge is 0.410 e. The number of halogens is 1. The molecule has 31 heavy (non-hydrogen) atoms. The lowest BCUT2D eigenvalue weighted by atomic mass is 9.97. The van der Waals surface area contributed by atoms with Crippen molar-refractivity contribution < 1.29 is 19.1 Å². The van der Waals surface area contributed by atoms with Crippen LogP contribution in [-0.2, 0) is 9.59 Å². The Bertz CT molecular complexity index is 998. The van der Waals surface area contributed by atoms with Gasteiger partial charge in [0.2, 0.25) is 0 Å². The standard InChI is InChI=1S/C22H21ClN4O4/c23-17-7-6-16(13-24)19(12-17)26-21(29)20(28)25-14-15-8-10-27(11-9-15)22(30)31-18-4-2-1-3-5-18/h1-7,12,15H,8-11,14H2,(H,25,28)(H,26,29). The quantitative estimate of drug-likeness (QED) is 0.709. The van der Waals surface area contributed by atoms with E-state index in [1.54, 1.807) is 29.2 Å². The Morgan fingerprint density at radius 3 is 2.48 bits per heavy atom. The highest BCUT2D eigenvalue weighted by Crippen LogP contribution is 2.21. The fourth-order valence-corrected chi connectivity index (χ4v) is 3.36. The molecule has 0 bridgehead atoms. The summed E-state index contributed by atoms with van der Waals surface area (Å²) in [4.78, 5) is 38.1. The molecule has 0 unspecified atom stereocenters. The van der Waals surface area contributed by atoms with Crippen molar-refractivity contribution >= 4 is 35.2 Å². The predicted octanol–water partition coefficient (Wildman–Crippen LogP) is 3.18. The van der Waals surface area contributed by atoms with E-state index in [1.807, 2.05) is 12.1 Å². The number of amides is 3. The number of benzene rings is 2. The van der Waals surface area contributed by atoms with Crippen LogP contribution in [0.1, 0.15) is 18.4 Å². The lowest BCUT2D eigenvalue weighted by Gasteiger charge is -2.31. The zero-order chi connectivity index (χ0) is 22.2. The SMILES string of the molecule is N#Cc1ccc(Cl)cc1NC(=O)C(=O)NCC1CCN(C(=O)Oc2ccccc2)CC1. The Kier molecular flexibility index (Phi) is 7.46. The molecule has 1 fully saturated rings. The van der Waals surface area contributed by atoms with Crippen LogP contribution >= 0.6 is 11.6 Å². The molecule has 3 rings (SSSR count). The van der Waals surface area contributed by atoms with Crippen molar-refractivity contribution in [2.75, 3.05) is 25.0 Å². The molecular formula is C22H21ClN4O4. The number of likely N-dealkylation sites (tertiary alicyclic amines) is 1. The largest absolute Gasteiger partial charge is 0.415 e. The van der Waals surface area contributed by atoms with Crippen LogP contribution in [0, 0.1) is 17.2 Å². The van der Waals surface area contributed by atoms with Gasteiger partial charge in [-0.05, 0) is 49.1 Å². The van der Waals surface area contributed by atoms with Crippen molar-refractivity contribution in [2.24, 2.45) is 5.92 Å². The first kappa shape index (κ1) is 22.1. The van der Waals surface area contributed by atoms with Gasteiger partial charge in [0.05, 0.1) is 11.3 Å². The summed E-state index contributed by atoms with van der Waals surface area (Å²) in [5.41, 5.74) is 0.390. The highest BCUT2D eigenvalue weighted by molar-refractivity contribution is 6.40. The highest BCUT2D eigenvalue weighted by Gasteiger charge is 2.25. The average molecular weight is 441 g/mol. The lowest BCUT2D eigenvalue weighted by molar-refractivity contribution is -0.136. The first-order chi connectivity index (χ1) is 15.0. The second kappa shape index (κ2) is 10.5. The van der Waals surface area contributed by atoms with E-state index in [-0.39, 0.29) is 17.2 Å². The van der Waals surface area contributed by atoms with Gasteiger partial charge in [0.25, 0.3) is 0 Å². The Balaban J connectivity index is 1.42. The number of rotatable bonds is 4. The molecule has 0 radical (unpaired) electrons. The summed E-state index contributed by atoms with van der Waals surface area (Å²) in [6, 6.07) is 15.2. The molecule has 160 valence electrons. The van der Waals surface area contributed by atoms with Crippen molar-refractivity contribution in [2.45, 2.75) is 12.8 Å². The minimum Gasteiger partial charge on any atom is -0.410 e. The topological polar surface area (TPSA) is 112 Å². The Morgan fingerprint density at radius 2 is 1.81 bits per heavy atom. The number of carbonyl (C=O) groups excluding carboxylic acids is 3. The summed E-state index contributed by atoms with van der Waals surface area (Å²) >= 11 is 5.88. The molecule has 2 aromatic carbocycles. The number of ether oxygens (including phenoxy) is 1. The van der Waals surface area contributed by atoms with Gasteiger partial charge in [-0.3, -0.25) is 9.59 Å². The van der Waals surface area contributed by atoms with Gasteiger partial charge in [-0.25, -0.2) is 4.79 Å². The molecule has 1 saturated heterocycles. The molecule has 2 N–H and O–H groups in total. The highest BCUT2D eigenvalue weighted by atomic mass is 35.5. The molecule has 1 aliphatic heterocycles. The third-order valence-corrected chi connectivity index (χ3v) is 5.16. The summed E-state index contributed by atoms with van der Waals surface area (Å²) in [7, 11) is 0. The van der Waals surface area contributed by atoms with Gasteiger partial charge in [0.1, 0.15) is 11.8 Å². The first-order valence-electron chi connectivity index (χ1n) is 9.77. The van der Waals surface area contributed by atoms with Crippen molar-refractivity contribution in [3.8, 4) is 11.8 Å². The molecule has 0 aliphatic carbocycles. The number of nitriles is 1. The number of carbonyl (C=O) groups is 3. The van der Waals surface area contributed by atoms with Crippen LogP contribution in [-0.4, -0.2) is 42.4 Å². The van der Waals surface area contributed by atoms with Crippen molar-refractivity contribution in [1.82, 2.24) is 10.2 Å². The predicted molar refractivity (Wildman–Crippen MR) is 115 cm³/mol. The Labute approximate surface area is 184 Å². The van der Waals surface area contributed by atoms with E-state index >= 15 is 0 Å². The molecule has 0 atom stereocenters. The van der Waals surface area contributed by atoms with E-state index in [0.717, 1.165) is 0 Å². The number of nitrogens with one attached hydrogen (secondary N) is 2. The van der Waals surface area contributed by atoms with Gasteiger partial charge in [0, 0.05) is 24.7 Å². The summed E-state index contributed by atoms with van der Waals surface area (Å²) < 4.78 is 5.33. The van der Waals surface area contributed by atoms with E-state index in [9.17, 15) is 14.4 Å². The van der Waals surface area contributed by atoms with E-state index in [1.165, 1.54) is 18.2 Å². The minimum absolute atomic E-state index is 0.137. The zero-order valence-electron chi connectivity index (χ0n) is 16.6. The zero-order valence-corrected chi connectivity index (χ0v) is 17.4. The molecule has 0 spiro atoms. The fourth-order valence-electron chi connectivity index (χ4n) is 3.19. The Hall–Kier alpha value is -3.57. The molecule has 1 heterocycles. The van der Waals surface area contributed by atoms with Crippen LogP contribution in [0.2, 0.25) is 5.02 Å². The molecule has 1 aliphatic rings. The van der Waals surface area contributed by atoms with Crippen LogP contribution in [0.4, 0.5) is 10.5 Å². The molecule has 0 aromatic heterocycles. The van der Waals surface area contributed by atoms with Gasteiger partial charge >= 0.3 is 17.9 Å². The molecule has 2 aromatic rings. The van der Waals surface area contributed by atoms with Gasteiger partial charge in [-0.2, -0.15) is 5.26 Å². The van der Waals surface area contributed by atoms with E-state index in [4.69, 9.17) is 21.6 Å².